The standard InChI is InChI=1S/C4H7F3O4S.Na.H/c5-4(6,7)2-1-3(8)12(9,10)11;;/h3,8H,1-2H2,(H,9,10,11);;/q;+1;-1. The molecule has 1 unspecified atom stereocenters. The molecule has 0 spiro atoms. The third kappa shape index (κ3) is 8.98. The van der Waals surface area contributed by atoms with Crippen LogP contribution in [0.4, 0.5) is 13.2 Å². The van der Waals surface area contributed by atoms with E-state index in [1.165, 1.54) is 0 Å². The van der Waals surface area contributed by atoms with E-state index < -0.39 is 34.6 Å². The molecule has 4 nitrogen and oxygen atoms in total. The maximum atomic E-state index is 11.4. The molecule has 1 atom stereocenters. The van der Waals surface area contributed by atoms with Gasteiger partial charge in [0.2, 0.25) is 0 Å². The van der Waals surface area contributed by atoms with Crippen molar-refractivity contribution in [3.05, 3.63) is 0 Å². The van der Waals surface area contributed by atoms with Crippen LogP contribution in [0, 0.1) is 0 Å². The van der Waals surface area contributed by atoms with Gasteiger partial charge in [0.25, 0.3) is 10.1 Å². The molecule has 0 aromatic carbocycles. The number of aliphatic hydroxyl groups excluding tert-OH is 1. The van der Waals surface area contributed by atoms with Crippen molar-refractivity contribution < 1.29 is 62.2 Å². The van der Waals surface area contributed by atoms with E-state index in [0.717, 1.165) is 0 Å². The largest absolute Gasteiger partial charge is 1.00 e. The number of halogens is 3. The third-order valence-corrected chi connectivity index (χ3v) is 1.94. The molecule has 0 saturated heterocycles. The van der Waals surface area contributed by atoms with Crippen LogP contribution >= 0.6 is 0 Å². The van der Waals surface area contributed by atoms with Crippen LogP contribution in [-0.4, -0.2) is 29.7 Å². The summed E-state index contributed by atoms with van der Waals surface area (Å²) in [6.45, 7) is 0. The van der Waals surface area contributed by atoms with Crippen molar-refractivity contribution in [2.24, 2.45) is 0 Å². The molecule has 0 rings (SSSR count). The Kier molecular flexibility index (Phi) is 6.84. The van der Waals surface area contributed by atoms with E-state index in [1.807, 2.05) is 0 Å². The van der Waals surface area contributed by atoms with Crippen molar-refractivity contribution in [3.63, 3.8) is 0 Å². The molecule has 9 heteroatoms. The summed E-state index contributed by atoms with van der Waals surface area (Å²) in [7, 11) is -4.77. The van der Waals surface area contributed by atoms with Gasteiger partial charge in [-0.15, -0.1) is 0 Å². The maximum Gasteiger partial charge on any atom is 1.00 e. The summed E-state index contributed by atoms with van der Waals surface area (Å²) in [4.78, 5) is 0. The summed E-state index contributed by atoms with van der Waals surface area (Å²) in [5.74, 6) is 0. The molecule has 0 fully saturated rings. The predicted octanol–water partition coefficient (Wildman–Crippen LogP) is -2.35. The van der Waals surface area contributed by atoms with E-state index in [4.69, 9.17) is 9.66 Å². The molecular weight excluding hydrogens is 224 g/mol. The Hall–Kier alpha value is 0.660. The predicted molar refractivity (Wildman–Crippen MR) is 34.0 cm³/mol. The Labute approximate surface area is 96.7 Å². The third-order valence-electron chi connectivity index (χ3n) is 1.02. The summed E-state index contributed by atoms with van der Waals surface area (Å²) in [5, 5.41) is 8.41. The van der Waals surface area contributed by atoms with Crippen molar-refractivity contribution in [1.29, 1.82) is 0 Å². The normalized spacial score (nSPS) is 14.8. The molecule has 0 aliphatic carbocycles. The number of hydrogen-bond acceptors (Lipinski definition) is 3. The van der Waals surface area contributed by atoms with Gasteiger partial charge in [-0.1, -0.05) is 0 Å². The van der Waals surface area contributed by atoms with E-state index in [0.29, 0.717) is 0 Å². The SMILES string of the molecule is O=S(=O)(O)C(O)CCC(F)(F)F.[H-].[Na+]. The van der Waals surface area contributed by atoms with Gasteiger partial charge in [-0.25, -0.2) is 0 Å². The second-order valence-electron chi connectivity index (χ2n) is 2.12. The van der Waals surface area contributed by atoms with Gasteiger partial charge in [-0.05, 0) is 6.42 Å². The molecule has 13 heavy (non-hydrogen) atoms. The fourth-order valence-electron chi connectivity index (χ4n) is 0.436. The Bertz CT molecular complexity index is 241. The summed E-state index contributed by atoms with van der Waals surface area (Å²) >= 11 is 0. The number of hydrogen-bond donors (Lipinski definition) is 2. The minimum absolute atomic E-state index is 0. The van der Waals surface area contributed by atoms with Crippen molar-refractivity contribution in [2.75, 3.05) is 0 Å². The number of aliphatic hydroxyl groups is 1. The summed E-state index contributed by atoms with van der Waals surface area (Å²) in [6.07, 6.45) is -7.04. The Morgan fingerprint density at radius 2 is 1.77 bits per heavy atom. The molecule has 2 N–H and O–H groups in total. The average molecular weight is 232 g/mol. The average Bonchev–Trinajstić information content (AvgIpc) is 1.78. The molecule has 0 saturated carbocycles. The molecule has 0 aliphatic heterocycles. The second-order valence-corrected chi connectivity index (χ2v) is 3.70. The van der Waals surface area contributed by atoms with Crippen LogP contribution < -0.4 is 29.6 Å². The fraction of sp³-hybridized carbons (Fsp3) is 1.00. The van der Waals surface area contributed by atoms with Crippen molar-refractivity contribution in [3.8, 4) is 0 Å². The molecule has 0 radical (unpaired) electrons. The van der Waals surface area contributed by atoms with Crippen molar-refractivity contribution in [1.82, 2.24) is 0 Å². The minimum Gasteiger partial charge on any atom is -1.00 e. The first-order valence-corrected chi connectivity index (χ1v) is 4.34. The number of alkyl halides is 3. The van der Waals surface area contributed by atoms with Crippen LogP contribution in [0.3, 0.4) is 0 Å². The van der Waals surface area contributed by atoms with Crippen molar-refractivity contribution >= 4 is 10.1 Å². The molecule has 0 heterocycles. The molecule has 0 bridgehead atoms. The quantitative estimate of drug-likeness (QED) is 0.422. The van der Waals surface area contributed by atoms with Crippen LogP contribution in [-0.2, 0) is 10.1 Å². The van der Waals surface area contributed by atoms with Gasteiger partial charge < -0.3 is 6.53 Å². The molecule has 76 valence electrons. The van der Waals surface area contributed by atoms with Crippen LogP contribution in [0.2, 0.25) is 0 Å². The first kappa shape index (κ1) is 16.1. The van der Waals surface area contributed by atoms with Crippen LogP contribution in [0.5, 0.6) is 0 Å². The van der Waals surface area contributed by atoms with Gasteiger partial charge in [0.1, 0.15) is 0 Å². The second kappa shape index (κ2) is 5.52. The zero-order valence-electron chi connectivity index (χ0n) is 7.74. The smallest absolute Gasteiger partial charge is 1.00 e. The van der Waals surface area contributed by atoms with Crippen LogP contribution in [0.25, 0.3) is 0 Å². The molecule has 0 aromatic rings. The molecule has 0 aromatic heterocycles. The minimum atomic E-state index is -4.77. The topological polar surface area (TPSA) is 74.6 Å². The van der Waals surface area contributed by atoms with E-state index in [9.17, 15) is 21.6 Å². The Balaban J connectivity index is -0.000000605. The Morgan fingerprint density at radius 1 is 1.38 bits per heavy atom. The van der Waals surface area contributed by atoms with E-state index >= 15 is 0 Å². The summed E-state index contributed by atoms with van der Waals surface area (Å²) in [5.41, 5.74) is -2.36. The summed E-state index contributed by atoms with van der Waals surface area (Å²) in [6, 6.07) is 0. The first-order valence-electron chi connectivity index (χ1n) is 2.84. The van der Waals surface area contributed by atoms with Crippen molar-refractivity contribution in [2.45, 2.75) is 24.5 Å². The monoisotopic (exact) mass is 232 g/mol. The zero-order chi connectivity index (χ0) is 9.99. The van der Waals surface area contributed by atoms with Gasteiger partial charge in [0.15, 0.2) is 5.44 Å². The van der Waals surface area contributed by atoms with Crippen LogP contribution in [0.1, 0.15) is 14.3 Å². The first-order chi connectivity index (χ1) is 5.13. The van der Waals surface area contributed by atoms with Gasteiger partial charge in [0.05, 0.1) is 0 Å². The van der Waals surface area contributed by atoms with Crippen LogP contribution in [0.15, 0.2) is 0 Å². The summed E-state index contributed by atoms with van der Waals surface area (Å²) < 4.78 is 62.3. The van der Waals surface area contributed by atoms with E-state index in [-0.39, 0.29) is 31.0 Å². The van der Waals surface area contributed by atoms with Gasteiger partial charge in [-0.2, -0.15) is 21.6 Å². The zero-order valence-corrected chi connectivity index (χ0v) is 9.56. The van der Waals surface area contributed by atoms with Gasteiger partial charge >= 0.3 is 35.7 Å². The molecule has 0 amide bonds. The maximum absolute atomic E-state index is 11.4. The molecule has 0 aliphatic rings. The van der Waals surface area contributed by atoms with Gasteiger partial charge in [-0.3, -0.25) is 4.55 Å². The Morgan fingerprint density at radius 3 is 2.00 bits per heavy atom. The van der Waals surface area contributed by atoms with E-state index in [2.05, 4.69) is 0 Å². The molecular formula is C4H8F3NaO4S. The fourth-order valence-corrected chi connectivity index (χ4v) is 0.852. The number of rotatable bonds is 3. The van der Waals surface area contributed by atoms with Gasteiger partial charge in [0, 0.05) is 6.42 Å². The van der Waals surface area contributed by atoms with E-state index in [1.54, 1.807) is 0 Å².